The van der Waals surface area contributed by atoms with E-state index in [0.717, 1.165) is 11.1 Å². The van der Waals surface area contributed by atoms with Crippen LogP contribution in [0.1, 0.15) is 27.0 Å². The van der Waals surface area contributed by atoms with E-state index in [1.165, 1.54) is 12.5 Å². The predicted octanol–water partition coefficient (Wildman–Crippen LogP) is 4.10. The molecule has 29 heavy (non-hydrogen) atoms. The number of rotatable bonds is 3. The fraction of sp³-hybridized carbons (Fsp3) is 0.130. The third-order valence-corrected chi connectivity index (χ3v) is 5.73. The quantitative estimate of drug-likeness (QED) is 0.617. The van der Waals surface area contributed by atoms with Gasteiger partial charge in [0.15, 0.2) is 0 Å². The van der Waals surface area contributed by atoms with Crippen LogP contribution in [0.2, 0.25) is 0 Å². The summed E-state index contributed by atoms with van der Waals surface area (Å²) in [6.07, 6.45) is 4.42. The van der Waals surface area contributed by atoms with E-state index in [4.69, 9.17) is 4.74 Å². The molecule has 1 heterocycles. The summed E-state index contributed by atoms with van der Waals surface area (Å²) in [7, 11) is -1.26. The van der Waals surface area contributed by atoms with Gasteiger partial charge in [-0.3, -0.25) is 9.78 Å². The average molecular weight is 404 g/mol. The molecule has 0 bridgehead atoms. The van der Waals surface area contributed by atoms with Crippen molar-refractivity contribution in [1.29, 1.82) is 0 Å². The summed E-state index contributed by atoms with van der Waals surface area (Å²) < 4.78 is 22.1. The largest absolute Gasteiger partial charge is 0.497 e. The van der Waals surface area contributed by atoms with E-state index in [-0.39, 0.29) is 5.56 Å². The van der Waals surface area contributed by atoms with Gasteiger partial charge >= 0.3 is 0 Å². The minimum atomic E-state index is -2.86. The number of methoxy groups -OCH3 is 1. The van der Waals surface area contributed by atoms with Crippen molar-refractivity contribution in [1.82, 2.24) is 4.98 Å². The van der Waals surface area contributed by atoms with Gasteiger partial charge in [-0.15, -0.1) is 0 Å². The lowest BCUT2D eigenvalue weighted by Crippen LogP contribution is -2.04. The minimum Gasteiger partial charge on any atom is -0.497 e. The molecule has 0 fully saturated rings. The number of aromatic nitrogens is 1. The highest BCUT2D eigenvalue weighted by molar-refractivity contribution is 7.93. The average Bonchev–Trinajstić information content (AvgIpc) is 2.72. The van der Waals surface area contributed by atoms with Crippen LogP contribution < -0.4 is 4.74 Å². The van der Waals surface area contributed by atoms with Gasteiger partial charge in [0.05, 0.1) is 22.4 Å². The van der Waals surface area contributed by atoms with Gasteiger partial charge in [-0.05, 0) is 48.9 Å². The first-order chi connectivity index (χ1) is 13.9. The Morgan fingerprint density at radius 3 is 2.55 bits per heavy atom. The zero-order chi connectivity index (χ0) is 20.9. The van der Waals surface area contributed by atoms with Crippen LogP contribution in [-0.4, -0.2) is 28.5 Å². The zero-order valence-electron chi connectivity index (χ0n) is 16.4. The van der Waals surface area contributed by atoms with E-state index in [9.17, 15) is 9.00 Å². The van der Waals surface area contributed by atoms with Crippen molar-refractivity contribution in [3.05, 3.63) is 89.2 Å². The van der Waals surface area contributed by atoms with Crippen LogP contribution >= 0.6 is 0 Å². The van der Waals surface area contributed by atoms with Crippen LogP contribution in [0, 0.1) is 18.8 Å². The number of pyridine rings is 1. The van der Waals surface area contributed by atoms with Gasteiger partial charge in [0.2, 0.25) is 0 Å². The summed E-state index contributed by atoms with van der Waals surface area (Å²) in [5.74, 6) is 6.12. The number of benzene rings is 2. The van der Waals surface area contributed by atoms with Crippen LogP contribution in [0.25, 0.3) is 0 Å². The fourth-order valence-electron chi connectivity index (χ4n) is 2.58. The molecule has 0 radical (unpaired) electrons. The SMILES string of the molecule is COc1cccc(C#Cc2cncc(C(=O)N=S(C)(=O)c3cccc(C)c3)c2)c1. The first kappa shape index (κ1) is 20.3. The van der Waals surface area contributed by atoms with Crippen LogP contribution in [0.5, 0.6) is 5.75 Å². The Bertz CT molecular complexity index is 1250. The Morgan fingerprint density at radius 1 is 1.03 bits per heavy atom. The third kappa shape index (κ3) is 5.31. The van der Waals surface area contributed by atoms with Crippen molar-refractivity contribution < 1.29 is 13.7 Å². The molecule has 1 amide bonds. The summed E-state index contributed by atoms with van der Waals surface area (Å²) in [5, 5.41) is 0. The van der Waals surface area contributed by atoms with E-state index in [2.05, 4.69) is 21.2 Å². The van der Waals surface area contributed by atoms with Crippen molar-refractivity contribution in [3.8, 4) is 17.6 Å². The smallest absolute Gasteiger partial charge is 0.286 e. The van der Waals surface area contributed by atoms with Crippen LogP contribution in [0.4, 0.5) is 0 Å². The van der Waals surface area contributed by atoms with Crippen molar-refractivity contribution in [3.63, 3.8) is 0 Å². The molecule has 1 aromatic heterocycles. The molecule has 0 aliphatic rings. The number of amides is 1. The molecule has 0 saturated heterocycles. The maximum atomic E-state index is 12.9. The number of carbonyl (C=O) groups excluding carboxylic acids is 1. The Hall–Kier alpha value is -3.43. The van der Waals surface area contributed by atoms with Gasteiger partial charge in [0, 0.05) is 34.7 Å². The highest BCUT2D eigenvalue weighted by atomic mass is 32.2. The normalized spacial score (nSPS) is 12.2. The monoisotopic (exact) mass is 404 g/mol. The Kier molecular flexibility index (Phi) is 6.10. The van der Waals surface area contributed by atoms with E-state index in [0.29, 0.717) is 16.2 Å². The molecule has 3 aromatic rings. The molecule has 5 nitrogen and oxygen atoms in total. The number of hydrogen-bond donors (Lipinski definition) is 0. The van der Waals surface area contributed by atoms with E-state index < -0.39 is 15.6 Å². The molecule has 0 N–H and O–H groups in total. The summed E-state index contributed by atoms with van der Waals surface area (Å²) in [5.41, 5.74) is 2.54. The maximum absolute atomic E-state index is 12.9. The van der Waals surface area contributed by atoms with Gasteiger partial charge in [0.1, 0.15) is 5.75 Å². The lowest BCUT2D eigenvalue weighted by Gasteiger charge is -2.05. The molecule has 2 aromatic carbocycles. The molecule has 0 saturated carbocycles. The van der Waals surface area contributed by atoms with Crippen molar-refractivity contribution in [2.75, 3.05) is 13.4 Å². The van der Waals surface area contributed by atoms with Gasteiger partial charge in [0.25, 0.3) is 5.91 Å². The molecule has 0 aliphatic carbocycles. The summed E-state index contributed by atoms with van der Waals surface area (Å²) in [6.45, 7) is 1.90. The zero-order valence-corrected chi connectivity index (χ0v) is 17.2. The number of ether oxygens (including phenoxy) is 1. The summed E-state index contributed by atoms with van der Waals surface area (Å²) >= 11 is 0. The second-order valence-corrected chi connectivity index (χ2v) is 8.72. The van der Waals surface area contributed by atoms with Crippen LogP contribution in [0.3, 0.4) is 0 Å². The van der Waals surface area contributed by atoms with E-state index in [1.807, 2.05) is 37.3 Å². The van der Waals surface area contributed by atoms with Crippen molar-refractivity contribution in [2.45, 2.75) is 11.8 Å². The molecule has 1 unspecified atom stereocenters. The van der Waals surface area contributed by atoms with E-state index >= 15 is 0 Å². The molecule has 1 atom stereocenters. The highest BCUT2D eigenvalue weighted by Gasteiger charge is 2.12. The van der Waals surface area contributed by atoms with Crippen molar-refractivity contribution >= 4 is 15.6 Å². The second kappa shape index (κ2) is 8.72. The van der Waals surface area contributed by atoms with Crippen molar-refractivity contribution in [2.24, 2.45) is 4.36 Å². The van der Waals surface area contributed by atoms with Gasteiger partial charge < -0.3 is 4.74 Å². The number of nitrogens with zero attached hydrogens (tertiary/aromatic N) is 2. The van der Waals surface area contributed by atoms with Gasteiger partial charge in [-0.1, -0.05) is 30.0 Å². The molecular weight excluding hydrogens is 384 g/mol. The van der Waals surface area contributed by atoms with Gasteiger partial charge in [-0.2, -0.15) is 4.36 Å². The molecule has 3 rings (SSSR count). The van der Waals surface area contributed by atoms with E-state index in [1.54, 1.807) is 37.6 Å². The first-order valence-corrected chi connectivity index (χ1v) is 10.7. The molecule has 6 heteroatoms. The highest BCUT2D eigenvalue weighted by Crippen LogP contribution is 2.15. The van der Waals surface area contributed by atoms with Crippen LogP contribution in [-0.2, 0) is 9.73 Å². The standard InChI is InChI=1S/C23H20N2O3S/c1-17-6-4-9-22(12-17)29(3,27)25-23(26)20-13-19(15-24-16-20)11-10-18-7-5-8-21(14-18)28-2/h4-9,12-16H,1-3H3. The van der Waals surface area contributed by atoms with Crippen LogP contribution in [0.15, 0.2) is 76.2 Å². The molecule has 0 aliphatic heterocycles. The first-order valence-electron chi connectivity index (χ1n) is 8.82. The second-order valence-electron chi connectivity index (χ2n) is 6.46. The number of carbonyl (C=O) groups is 1. The lowest BCUT2D eigenvalue weighted by molar-refractivity contribution is 0.100. The Labute approximate surface area is 171 Å². The summed E-state index contributed by atoms with van der Waals surface area (Å²) in [4.78, 5) is 17.2. The number of aryl methyl sites for hydroxylation is 1. The van der Waals surface area contributed by atoms with Gasteiger partial charge in [-0.25, -0.2) is 4.21 Å². The topological polar surface area (TPSA) is 68.6 Å². The summed E-state index contributed by atoms with van der Waals surface area (Å²) in [6, 6.07) is 16.1. The lowest BCUT2D eigenvalue weighted by atomic mass is 10.1. The third-order valence-electron chi connectivity index (χ3n) is 4.09. The number of hydrogen-bond acceptors (Lipinski definition) is 4. The Balaban J connectivity index is 1.88. The molecule has 146 valence electrons. The molecule has 0 spiro atoms. The predicted molar refractivity (Wildman–Crippen MR) is 113 cm³/mol. The maximum Gasteiger partial charge on any atom is 0.286 e. The minimum absolute atomic E-state index is 0.240. The fourth-order valence-corrected chi connectivity index (χ4v) is 3.85. The Morgan fingerprint density at radius 2 is 1.79 bits per heavy atom. The molecular formula is C23H20N2O3S.